The van der Waals surface area contributed by atoms with E-state index in [2.05, 4.69) is 9.10 Å². The Bertz CT molecular complexity index is 490. The van der Waals surface area contributed by atoms with Crippen LogP contribution < -0.4 is 10.2 Å². The number of benzene rings is 1. The fourth-order valence-electron chi connectivity index (χ4n) is 1.08. The standard InChI is InChI=1S/C6HN2OS4/c9-6-4-2(10-12-7-4)1-3-5(6)8-13-11-3/h1H. The molecule has 0 aromatic carbocycles. The van der Waals surface area contributed by atoms with Gasteiger partial charge in [-0.05, 0) is 16.9 Å². The van der Waals surface area contributed by atoms with E-state index in [4.69, 9.17) is 0 Å². The summed E-state index contributed by atoms with van der Waals surface area (Å²) in [6, 6.07) is 1.99. The molecule has 3 nitrogen and oxygen atoms in total. The lowest BCUT2D eigenvalue weighted by molar-refractivity contribution is 1.26. The van der Waals surface area contributed by atoms with E-state index in [1.54, 1.807) is 0 Å². The van der Waals surface area contributed by atoms with E-state index >= 15 is 0 Å². The second-order valence-electron chi connectivity index (χ2n) is 2.40. The number of fused-ring (bicyclic) bond motifs is 2. The second-order valence-corrected chi connectivity index (χ2v) is 6.17. The maximum absolute atomic E-state index is 11.7. The number of nitrogens with zero attached hydrogens (tertiary/aromatic N) is 2. The van der Waals surface area contributed by atoms with Crippen LogP contribution in [0.4, 0.5) is 5.69 Å². The van der Waals surface area contributed by atoms with Crippen molar-refractivity contribution < 1.29 is 0 Å². The molecule has 7 heteroatoms. The molecule has 0 N–H and O–H groups in total. The molecule has 0 atom stereocenters. The van der Waals surface area contributed by atoms with Gasteiger partial charge in [-0.1, -0.05) is 10.3 Å². The van der Waals surface area contributed by atoms with Gasteiger partial charge >= 0.3 is 0 Å². The minimum Gasteiger partial charge on any atom is -0.285 e. The Labute approximate surface area is 89.0 Å². The normalized spacial score (nSPS) is 14.5. The summed E-state index contributed by atoms with van der Waals surface area (Å²) in [7, 11) is 5.77. The molecule has 0 saturated carbocycles. The molecule has 0 unspecified atom stereocenters. The van der Waals surface area contributed by atoms with E-state index in [1.165, 1.54) is 42.7 Å². The van der Waals surface area contributed by atoms with Crippen LogP contribution in [0.2, 0.25) is 0 Å². The van der Waals surface area contributed by atoms with E-state index in [-0.39, 0.29) is 5.43 Å². The summed E-state index contributed by atoms with van der Waals surface area (Å²) in [5, 5.41) is 0. The Morgan fingerprint density at radius 2 is 2.31 bits per heavy atom. The Balaban J connectivity index is 2.47. The molecule has 3 aliphatic rings. The lowest BCUT2D eigenvalue weighted by Crippen LogP contribution is -2.07. The predicted octanol–water partition coefficient (Wildman–Crippen LogP) is 2.57. The lowest BCUT2D eigenvalue weighted by atomic mass is 10.2. The molecule has 65 valence electrons. The van der Waals surface area contributed by atoms with E-state index < -0.39 is 0 Å². The van der Waals surface area contributed by atoms with Crippen LogP contribution in [0.25, 0.3) is 10.6 Å². The molecule has 2 heterocycles. The molecule has 0 amide bonds. The number of hydrogen-bond donors (Lipinski definition) is 0. The Morgan fingerprint density at radius 3 is 3.23 bits per heavy atom. The molecule has 0 spiro atoms. The summed E-state index contributed by atoms with van der Waals surface area (Å²) >= 11 is 0. The van der Waals surface area contributed by atoms with Crippen molar-refractivity contribution in [2.24, 2.45) is 0 Å². The largest absolute Gasteiger partial charge is 0.285 e. The molecule has 1 radical (unpaired) electrons. The zero-order chi connectivity index (χ0) is 8.84. The molecule has 0 aromatic rings. The first-order valence-corrected chi connectivity index (χ1v) is 7.55. The van der Waals surface area contributed by atoms with Crippen molar-refractivity contribution in [3.63, 3.8) is 0 Å². The fraction of sp³-hybridized carbons (Fsp3) is 0. The first-order valence-electron chi connectivity index (χ1n) is 3.34. The molecule has 3 rings (SSSR count). The predicted molar refractivity (Wildman–Crippen MR) is 58.1 cm³/mol. The lowest BCUT2D eigenvalue weighted by Gasteiger charge is -1.96. The minimum atomic E-state index is -0.0255. The van der Waals surface area contributed by atoms with Crippen LogP contribution in [0.3, 0.4) is 0 Å². The van der Waals surface area contributed by atoms with Crippen molar-refractivity contribution >= 4 is 48.3 Å². The van der Waals surface area contributed by atoms with Crippen molar-refractivity contribution in [1.82, 2.24) is 9.10 Å². The van der Waals surface area contributed by atoms with Gasteiger partial charge in [-0.2, -0.15) is 9.10 Å². The van der Waals surface area contributed by atoms with Gasteiger partial charge in [-0.3, -0.25) is 4.79 Å². The van der Waals surface area contributed by atoms with Crippen molar-refractivity contribution in [1.29, 1.82) is 0 Å². The smallest absolute Gasteiger partial charge is 0.234 e. The van der Waals surface area contributed by atoms with Crippen LogP contribution in [-0.4, -0.2) is 4.37 Å². The Kier molecular flexibility index (Phi) is 1.79. The van der Waals surface area contributed by atoms with Gasteiger partial charge in [0.15, 0.2) is 0 Å². The summed E-state index contributed by atoms with van der Waals surface area (Å²) in [5.41, 5.74) is 1.11. The van der Waals surface area contributed by atoms with Crippen molar-refractivity contribution in [3.05, 3.63) is 16.3 Å². The highest BCUT2D eigenvalue weighted by Crippen LogP contribution is 2.45. The number of rotatable bonds is 0. The SMILES string of the molecule is O=c1c2nssc-2cc2c1[N]SS2. The summed E-state index contributed by atoms with van der Waals surface area (Å²) in [5.74, 6) is 0. The second kappa shape index (κ2) is 2.88. The zero-order valence-electron chi connectivity index (χ0n) is 6.01. The number of aromatic nitrogens is 1. The van der Waals surface area contributed by atoms with Crippen molar-refractivity contribution in [3.8, 4) is 10.6 Å². The topological polar surface area (TPSA) is 44.1 Å². The third kappa shape index (κ3) is 1.11. The van der Waals surface area contributed by atoms with Crippen LogP contribution in [0.1, 0.15) is 0 Å². The van der Waals surface area contributed by atoms with Crippen LogP contribution in [0, 0.1) is 0 Å². The molecular weight excluding hydrogens is 244 g/mol. The molecular formula is C6HN2OS4. The van der Waals surface area contributed by atoms with Crippen LogP contribution in [0.15, 0.2) is 15.8 Å². The van der Waals surface area contributed by atoms with Crippen molar-refractivity contribution in [2.75, 3.05) is 0 Å². The third-order valence-corrected chi connectivity index (χ3v) is 5.29. The van der Waals surface area contributed by atoms with Crippen LogP contribution in [0.5, 0.6) is 0 Å². The van der Waals surface area contributed by atoms with E-state index in [0.29, 0.717) is 11.4 Å². The summed E-state index contributed by atoms with van der Waals surface area (Å²) < 4.78 is 8.13. The van der Waals surface area contributed by atoms with Gasteiger partial charge in [0.25, 0.3) is 0 Å². The zero-order valence-corrected chi connectivity index (χ0v) is 9.28. The molecule has 0 bridgehead atoms. The molecule has 13 heavy (non-hydrogen) atoms. The Morgan fingerprint density at radius 1 is 1.38 bits per heavy atom. The van der Waals surface area contributed by atoms with Gasteiger partial charge in [-0.25, -0.2) is 0 Å². The van der Waals surface area contributed by atoms with E-state index in [9.17, 15) is 4.79 Å². The van der Waals surface area contributed by atoms with Gasteiger partial charge in [0.05, 0.1) is 9.77 Å². The summed E-state index contributed by atoms with van der Waals surface area (Å²) in [4.78, 5) is 13.7. The van der Waals surface area contributed by atoms with E-state index in [0.717, 1.165) is 9.77 Å². The molecule has 0 fully saturated rings. The van der Waals surface area contributed by atoms with Crippen LogP contribution in [-0.2, 0) is 0 Å². The quantitative estimate of drug-likeness (QED) is 0.528. The van der Waals surface area contributed by atoms with Gasteiger partial charge in [0, 0.05) is 21.5 Å². The van der Waals surface area contributed by atoms with Crippen LogP contribution >= 0.6 is 42.7 Å². The maximum atomic E-state index is 11.7. The van der Waals surface area contributed by atoms with E-state index in [1.807, 2.05) is 6.07 Å². The average Bonchev–Trinajstić information content (AvgIpc) is 2.71. The first kappa shape index (κ1) is 8.10. The maximum Gasteiger partial charge on any atom is 0.234 e. The minimum absolute atomic E-state index is 0.0255. The fourth-order valence-corrected chi connectivity index (χ4v) is 4.70. The highest BCUT2D eigenvalue weighted by molar-refractivity contribution is 8.76. The first-order chi connectivity index (χ1) is 6.36. The highest BCUT2D eigenvalue weighted by atomic mass is 33.1. The van der Waals surface area contributed by atoms with Gasteiger partial charge < -0.3 is 0 Å². The van der Waals surface area contributed by atoms with Gasteiger partial charge in [-0.15, -0.1) is 0 Å². The average molecular weight is 245 g/mol. The molecule has 0 saturated heterocycles. The number of hydrogen-bond acceptors (Lipinski definition) is 6. The highest BCUT2D eigenvalue weighted by Gasteiger charge is 2.24. The molecule has 0 aromatic heterocycles. The summed E-state index contributed by atoms with van der Waals surface area (Å²) in [6.45, 7) is 0. The molecule has 2 aliphatic heterocycles. The third-order valence-electron chi connectivity index (χ3n) is 1.67. The monoisotopic (exact) mass is 245 g/mol. The van der Waals surface area contributed by atoms with Crippen molar-refractivity contribution in [2.45, 2.75) is 4.90 Å². The Hall–Kier alpha value is -0.240. The molecule has 1 aliphatic carbocycles. The summed E-state index contributed by atoms with van der Waals surface area (Å²) in [6.07, 6.45) is 0. The van der Waals surface area contributed by atoms with Gasteiger partial charge in [0.2, 0.25) is 5.43 Å². The van der Waals surface area contributed by atoms with Gasteiger partial charge in [0.1, 0.15) is 11.4 Å².